The minimum Gasteiger partial charge on any atom is -0.484 e. The smallest absolute Gasteiger partial charge is 0.261 e. The van der Waals surface area contributed by atoms with Gasteiger partial charge in [-0.15, -0.1) is 0 Å². The first-order chi connectivity index (χ1) is 15.5. The van der Waals surface area contributed by atoms with E-state index in [1.807, 2.05) is 55.3 Å². The Kier molecular flexibility index (Phi) is 6.31. The summed E-state index contributed by atoms with van der Waals surface area (Å²) >= 11 is 0. The summed E-state index contributed by atoms with van der Waals surface area (Å²) in [4.78, 5) is 18.7. The van der Waals surface area contributed by atoms with Gasteiger partial charge in [0.2, 0.25) is 0 Å². The number of hydrogen-bond donors (Lipinski definition) is 1. The van der Waals surface area contributed by atoms with Crippen molar-refractivity contribution in [1.82, 2.24) is 9.88 Å². The van der Waals surface area contributed by atoms with Crippen molar-refractivity contribution in [2.75, 3.05) is 13.2 Å². The second kappa shape index (κ2) is 9.31. The normalized spacial score (nSPS) is 12.0. The lowest BCUT2D eigenvalue weighted by Gasteiger charge is -2.31. The summed E-state index contributed by atoms with van der Waals surface area (Å²) in [7, 11) is 0. The van der Waals surface area contributed by atoms with Crippen LogP contribution in [-0.2, 0) is 4.79 Å². The van der Waals surface area contributed by atoms with Gasteiger partial charge in [0.25, 0.3) is 5.91 Å². The third kappa shape index (κ3) is 4.40. The van der Waals surface area contributed by atoms with E-state index in [9.17, 15) is 4.79 Å². The zero-order chi connectivity index (χ0) is 22.7. The average molecular weight is 427 g/mol. The van der Waals surface area contributed by atoms with Crippen LogP contribution in [0.5, 0.6) is 5.75 Å². The van der Waals surface area contributed by atoms with Crippen LogP contribution in [-0.4, -0.2) is 28.9 Å². The molecule has 4 heteroatoms. The molecule has 0 aliphatic carbocycles. The monoisotopic (exact) mass is 426 g/mol. The molecule has 1 heterocycles. The topological polar surface area (TPSA) is 45.3 Å². The van der Waals surface area contributed by atoms with E-state index >= 15 is 0 Å². The Balaban J connectivity index is 1.67. The van der Waals surface area contributed by atoms with Crippen LogP contribution in [0.2, 0.25) is 0 Å². The number of aromatic amines is 1. The van der Waals surface area contributed by atoms with E-state index in [1.54, 1.807) is 0 Å². The first-order valence-electron chi connectivity index (χ1n) is 11.1. The van der Waals surface area contributed by atoms with Crippen LogP contribution in [0.25, 0.3) is 10.9 Å². The molecule has 1 amide bonds. The first-order valence-corrected chi connectivity index (χ1v) is 11.1. The van der Waals surface area contributed by atoms with Crippen molar-refractivity contribution in [3.05, 3.63) is 101 Å². The Labute approximate surface area is 189 Å². The fourth-order valence-corrected chi connectivity index (χ4v) is 4.13. The van der Waals surface area contributed by atoms with Gasteiger partial charge < -0.3 is 14.6 Å². The highest BCUT2D eigenvalue weighted by molar-refractivity contribution is 5.86. The molecule has 164 valence electrons. The number of benzene rings is 3. The Bertz CT molecular complexity index is 1220. The summed E-state index contributed by atoms with van der Waals surface area (Å²) in [5, 5.41) is 1.12. The van der Waals surface area contributed by atoms with Crippen molar-refractivity contribution in [2.45, 2.75) is 33.7 Å². The van der Waals surface area contributed by atoms with E-state index in [-0.39, 0.29) is 18.6 Å². The van der Waals surface area contributed by atoms with Gasteiger partial charge in [0.05, 0.1) is 6.04 Å². The van der Waals surface area contributed by atoms with E-state index in [2.05, 4.69) is 55.2 Å². The number of ether oxygens (including phenoxy) is 1. The standard InChI is InChI=1S/C28H30N2O2/c1-5-30(27(31)18-32-23-15-12-20(3)21(4)16-23)28(22-13-10-19(2)11-14-22)25-17-29-26-9-7-6-8-24(25)26/h6-17,28-29H,5,18H2,1-4H3. The third-order valence-corrected chi connectivity index (χ3v) is 6.12. The number of aromatic nitrogens is 1. The van der Waals surface area contributed by atoms with Crippen LogP contribution in [0, 0.1) is 20.8 Å². The predicted octanol–water partition coefficient (Wildman–Crippen LogP) is 6.11. The molecule has 0 bridgehead atoms. The molecular weight excluding hydrogens is 396 g/mol. The van der Waals surface area contributed by atoms with Gasteiger partial charge in [0.15, 0.2) is 6.61 Å². The number of para-hydroxylation sites is 1. The molecule has 0 aliphatic heterocycles. The van der Waals surface area contributed by atoms with E-state index in [4.69, 9.17) is 4.74 Å². The number of nitrogens with zero attached hydrogens (tertiary/aromatic N) is 1. The van der Waals surface area contributed by atoms with Crippen molar-refractivity contribution in [2.24, 2.45) is 0 Å². The third-order valence-electron chi connectivity index (χ3n) is 6.12. The molecule has 1 atom stereocenters. The van der Waals surface area contributed by atoms with E-state index in [0.29, 0.717) is 6.54 Å². The maximum absolute atomic E-state index is 13.4. The molecule has 4 aromatic rings. The minimum absolute atomic E-state index is 0.00105. The Morgan fingerprint density at radius 3 is 2.44 bits per heavy atom. The summed E-state index contributed by atoms with van der Waals surface area (Å²) < 4.78 is 5.90. The summed E-state index contributed by atoms with van der Waals surface area (Å²) in [5.41, 5.74) is 6.79. The molecule has 0 saturated carbocycles. The number of fused-ring (bicyclic) bond motifs is 1. The average Bonchev–Trinajstić information content (AvgIpc) is 3.22. The van der Waals surface area contributed by atoms with Crippen molar-refractivity contribution >= 4 is 16.8 Å². The second-order valence-electron chi connectivity index (χ2n) is 8.32. The number of carbonyl (C=O) groups is 1. The number of hydrogen-bond acceptors (Lipinski definition) is 2. The van der Waals surface area contributed by atoms with Crippen LogP contribution in [0.1, 0.15) is 40.8 Å². The van der Waals surface area contributed by atoms with E-state index in [0.717, 1.165) is 33.3 Å². The number of nitrogens with one attached hydrogen (secondary N) is 1. The summed E-state index contributed by atoms with van der Waals surface area (Å²) in [5.74, 6) is 0.679. The minimum atomic E-state index is -0.201. The molecule has 4 rings (SSSR count). The lowest BCUT2D eigenvalue weighted by molar-refractivity contribution is -0.134. The van der Waals surface area contributed by atoms with Gasteiger partial charge in [0, 0.05) is 29.2 Å². The van der Waals surface area contributed by atoms with Crippen molar-refractivity contribution in [1.29, 1.82) is 0 Å². The Hall–Kier alpha value is -3.53. The Morgan fingerprint density at radius 2 is 1.72 bits per heavy atom. The maximum atomic E-state index is 13.4. The molecule has 3 aromatic carbocycles. The zero-order valence-corrected chi connectivity index (χ0v) is 19.2. The van der Waals surface area contributed by atoms with Crippen LogP contribution in [0.15, 0.2) is 72.9 Å². The van der Waals surface area contributed by atoms with Crippen LogP contribution < -0.4 is 4.74 Å². The van der Waals surface area contributed by atoms with Crippen LogP contribution >= 0.6 is 0 Å². The number of amides is 1. The van der Waals surface area contributed by atoms with E-state index < -0.39 is 0 Å². The number of likely N-dealkylation sites (N-methyl/N-ethyl adjacent to an activating group) is 1. The molecule has 0 aliphatic rings. The molecule has 1 unspecified atom stereocenters. The first kappa shape index (κ1) is 21.7. The molecule has 1 N–H and O–H groups in total. The van der Waals surface area contributed by atoms with E-state index in [1.165, 1.54) is 11.1 Å². The molecule has 32 heavy (non-hydrogen) atoms. The van der Waals surface area contributed by atoms with Gasteiger partial charge in [0.1, 0.15) is 5.75 Å². The molecule has 4 nitrogen and oxygen atoms in total. The summed E-state index contributed by atoms with van der Waals surface area (Å²) in [6, 6.07) is 22.4. The number of aryl methyl sites for hydroxylation is 3. The quantitative estimate of drug-likeness (QED) is 0.387. The van der Waals surface area contributed by atoms with Gasteiger partial charge >= 0.3 is 0 Å². The molecule has 0 radical (unpaired) electrons. The van der Waals surface area contributed by atoms with Gasteiger partial charge in [-0.05, 0) is 62.6 Å². The maximum Gasteiger partial charge on any atom is 0.261 e. The van der Waals surface area contributed by atoms with Crippen molar-refractivity contribution in [3.63, 3.8) is 0 Å². The highest BCUT2D eigenvalue weighted by Gasteiger charge is 2.28. The molecular formula is C28H30N2O2. The van der Waals surface area contributed by atoms with Crippen LogP contribution in [0.3, 0.4) is 0 Å². The number of H-pyrrole nitrogens is 1. The highest BCUT2D eigenvalue weighted by atomic mass is 16.5. The SMILES string of the molecule is CCN(C(=O)COc1ccc(C)c(C)c1)C(c1ccc(C)cc1)c1c[nH]c2ccccc12. The van der Waals surface area contributed by atoms with Gasteiger partial charge in [-0.2, -0.15) is 0 Å². The van der Waals surface area contributed by atoms with Gasteiger partial charge in [-0.25, -0.2) is 0 Å². The predicted molar refractivity (Wildman–Crippen MR) is 130 cm³/mol. The lowest BCUT2D eigenvalue weighted by atomic mass is 9.95. The number of carbonyl (C=O) groups excluding carboxylic acids is 1. The summed E-state index contributed by atoms with van der Waals surface area (Å²) in [6.07, 6.45) is 2.02. The number of rotatable bonds is 7. The van der Waals surface area contributed by atoms with Gasteiger partial charge in [-0.3, -0.25) is 4.79 Å². The largest absolute Gasteiger partial charge is 0.484 e. The van der Waals surface area contributed by atoms with Crippen molar-refractivity contribution in [3.8, 4) is 5.75 Å². The molecule has 0 saturated heterocycles. The fraction of sp³-hybridized carbons (Fsp3) is 0.250. The highest BCUT2D eigenvalue weighted by Crippen LogP contribution is 2.34. The van der Waals surface area contributed by atoms with Gasteiger partial charge in [-0.1, -0.05) is 54.1 Å². The molecule has 0 spiro atoms. The van der Waals surface area contributed by atoms with Crippen molar-refractivity contribution < 1.29 is 9.53 Å². The second-order valence-corrected chi connectivity index (χ2v) is 8.32. The van der Waals surface area contributed by atoms with Crippen LogP contribution in [0.4, 0.5) is 0 Å². The Morgan fingerprint density at radius 1 is 0.969 bits per heavy atom. The molecule has 1 aromatic heterocycles. The fourth-order valence-electron chi connectivity index (χ4n) is 4.13. The molecule has 0 fully saturated rings. The summed E-state index contributed by atoms with van der Waals surface area (Å²) in [6.45, 7) is 8.78. The zero-order valence-electron chi connectivity index (χ0n) is 19.2. The lowest BCUT2D eigenvalue weighted by Crippen LogP contribution is -2.38.